The van der Waals surface area contributed by atoms with Crippen molar-refractivity contribution in [3.05, 3.63) is 22.5 Å². The van der Waals surface area contributed by atoms with E-state index in [1.807, 2.05) is 0 Å². The molecule has 2 saturated heterocycles. The van der Waals surface area contributed by atoms with Crippen molar-refractivity contribution in [2.45, 2.75) is 43.5 Å². The number of halogens is 6. The van der Waals surface area contributed by atoms with Gasteiger partial charge < -0.3 is 10.6 Å². The van der Waals surface area contributed by atoms with Gasteiger partial charge in [-0.15, -0.1) is 0 Å². The van der Waals surface area contributed by atoms with E-state index in [2.05, 4.69) is 10.6 Å². The second kappa shape index (κ2) is 7.78. The summed E-state index contributed by atoms with van der Waals surface area (Å²) in [7, 11) is 0. The summed E-state index contributed by atoms with van der Waals surface area (Å²) in [6.45, 7) is 0.354. The maximum Gasteiger partial charge on any atom is 0.387 e. The molecule has 0 unspecified atom stereocenters. The molecular weight excluding hydrogens is 406 g/mol. The smallest absolute Gasteiger partial charge is 0.387 e. The summed E-state index contributed by atoms with van der Waals surface area (Å²) in [5, 5.41) is 22.6. The van der Waals surface area contributed by atoms with Crippen molar-refractivity contribution in [2.75, 3.05) is 13.1 Å². The summed E-state index contributed by atoms with van der Waals surface area (Å²) in [6.07, 6.45) is 0.469. The van der Waals surface area contributed by atoms with Crippen LogP contribution in [0.4, 0.5) is 26.3 Å². The second-order valence-corrected chi connectivity index (χ2v) is 6.37. The summed E-state index contributed by atoms with van der Waals surface area (Å²) in [5.74, 6) is -24.3. The van der Waals surface area contributed by atoms with Crippen molar-refractivity contribution in [1.29, 1.82) is 10.5 Å². The second-order valence-electron chi connectivity index (χ2n) is 6.37. The normalized spacial score (nSPS) is 20.8. The summed E-state index contributed by atoms with van der Waals surface area (Å²) in [6, 6.07) is 2.07. The molecule has 2 aliphatic rings. The number of ketones is 2. The number of nitrogens with zero attached hydrogens (tertiary/aromatic N) is 2. The fourth-order valence-corrected chi connectivity index (χ4v) is 2.92. The zero-order valence-electron chi connectivity index (χ0n) is 14.7. The average molecular weight is 420 g/mol. The van der Waals surface area contributed by atoms with E-state index in [9.17, 15) is 35.9 Å². The Morgan fingerprint density at radius 3 is 1.34 bits per heavy atom. The van der Waals surface area contributed by atoms with Crippen molar-refractivity contribution < 1.29 is 35.9 Å². The summed E-state index contributed by atoms with van der Waals surface area (Å²) in [5.41, 5.74) is -3.55. The Bertz CT molecular complexity index is 793. The number of nitrogens with one attached hydrogen (secondary N) is 2. The third kappa shape index (κ3) is 3.55. The lowest BCUT2D eigenvalue weighted by Gasteiger charge is -2.31. The maximum absolute atomic E-state index is 14.2. The van der Waals surface area contributed by atoms with Crippen LogP contribution in [-0.4, -0.2) is 42.4 Å². The molecule has 12 heteroatoms. The fraction of sp³-hybridized carbons (Fsp3) is 0.529. The van der Waals surface area contributed by atoms with Crippen LogP contribution in [0.15, 0.2) is 22.5 Å². The fourth-order valence-electron chi connectivity index (χ4n) is 2.92. The highest BCUT2D eigenvalue weighted by Gasteiger charge is 2.78. The summed E-state index contributed by atoms with van der Waals surface area (Å²) in [4.78, 5) is 23.8. The first-order chi connectivity index (χ1) is 13.4. The van der Waals surface area contributed by atoms with Crippen LogP contribution in [-0.2, 0) is 9.59 Å². The number of rotatable bonds is 6. The monoisotopic (exact) mass is 420 g/mol. The first-order valence-electron chi connectivity index (χ1n) is 8.40. The minimum absolute atomic E-state index is 0.0814. The van der Waals surface area contributed by atoms with Gasteiger partial charge in [-0.2, -0.15) is 36.9 Å². The lowest BCUT2D eigenvalue weighted by Crippen LogP contribution is -2.61. The van der Waals surface area contributed by atoms with E-state index < -0.39 is 40.5 Å². The first kappa shape index (κ1) is 22.3. The van der Waals surface area contributed by atoms with Gasteiger partial charge in [0.15, 0.2) is 0 Å². The number of allylic oxidation sites excluding steroid dienone is 4. The lowest BCUT2D eigenvalue weighted by atomic mass is 9.90. The quantitative estimate of drug-likeness (QED) is 0.388. The molecule has 0 bridgehead atoms. The molecule has 0 atom stereocenters. The van der Waals surface area contributed by atoms with Crippen LogP contribution in [0.25, 0.3) is 0 Å². The Morgan fingerprint density at radius 1 is 0.759 bits per heavy atom. The minimum atomic E-state index is -6.49. The topological polar surface area (TPSA) is 106 Å². The predicted octanol–water partition coefficient (Wildman–Crippen LogP) is 2.35. The largest absolute Gasteiger partial charge is 0.387 e. The Hall–Kier alpha value is -3.02. The number of carbonyl (C=O) groups excluding carboxylic acids is 2. The van der Waals surface area contributed by atoms with Gasteiger partial charge in [-0.1, -0.05) is 0 Å². The van der Waals surface area contributed by atoms with E-state index in [1.165, 1.54) is 0 Å². The van der Waals surface area contributed by atoms with E-state index in [-0.39, 0.29) is 37.3 Å². The molecule has 29 heavy (non-hydrogen) atoms. The zero-order chi connectivity index (χ0) is 22.0. The van der Waals surface area contributed by atoms with Crippen LogP contribution >= 0.6 is 0 Å². The molecule has 2 N–H and O–H groups in total. The minimum Gasteiger partial charge on any atom is -0.387 e. The van der Waals surface area contributed by atoms with Gasteiger partial charge in [0.2, 0.25) is 0 Å². The molecule has 0 saturated carbocycles. The Kier molecular flexibility index (Phi) is 5.97. The van der Waals surface area contributed by atoms with Crippen LogP contribution < -0.4 is 10.6 Å². The van der Waals surface area contributed by atoms with Gasteiger partial charge >= 0.3 is 17.8 Å². The van der Waals surface area contributed by atoms with Gasteiger partial charge in [0.05, 0.1) is 0 Å². The highest BCUT2D eigenvalue weighted by molar-refractivity contribution is 6.09. The van der Waals surface area contributed by atoms with Gasteiger partial charge in [-0.05, 0) is 25.7 Å². The molecule has 0 radical (unpaired) electrons. The molecule has 0 aromatic carbocycles. The number of carbonyl (C=O) groups is 2. The van der Waals surface area contributed by atoms with Crippen molar-refractivity contribution in [1.82, 2.24) is 10.6 Å². The number of hydrogen-bond donors (Lipinski definition) is 2. The molecule has 2 rings (SSSR count). The Balaban J connectivity index is 2.48. The van der Waals surface area contributed by atoms with Crippen LogP contribution in [0.2, 0.25) is 0 Å². The third-order valence-corrected chi connectivity index (χ3v) is 4.52. The summed E-state index contributed by atoms with van der Waals surface area (Å²) < 4.78 is 85.3. The molecule has 0 aromatic heterocycles. The van der Waals surface area contributed by atoms with Gasteiger partial charge in [-0.3, -0.25) is 9.59 Å². The average Bonchev–Trinajstić information content (AvgIpc) is 3.36. The van der Waals surface area contributed by atoms with Gasteiger partial charge in [-0.25, -0.2) is 0 Å². The molecule has 6 nitrogen and oxygen atoms in total. The van der Waals surface area contributed by atoms with Crippen LogP contribution in [0, 0.1) is 22.7 Å². The van der Waals surface area contributed by atoms with E-state index in [1.54, 1.807) is 0 Å². The van der Waals surface area contributed by atoms with Crippen molar-refractivity contribution in [3.8, 4) is 12.1 Å². The molecule has 0 aliphatic carbocycles. The first-order valence-corrected chi connectivity index (χ1v) is 8.40. The predicted molar refractivity (Wildman–Crippen MR) is 84.6 cm³/mol. The molecule has 0 amide bonds. The number of nitriles is 2. The van der Waals surface area contributed by atoms with Crippen LogP contribution in [0.5, 0.6) is 0 Å². The van der Waals surface area contributed by atoms with E-state index in [4.69, 9.17) is 10.5 Å². The summed E-state index contributed by atoms with van der Waals surface area (Å²) >= 11 is 0. The molecule has 2 fully saturated rings. The molecule has 0 spiro atoms. The number of alkyl halides is 6. The van der Waals surface area contributed by atoms with Gasteiger partial charge in [0.1, 0.15) is 23.3 Å². The SMILES string of the molecule is N#C/C(C(=O)C(F)(F)C(F)(F)C(F)(F)C(=O)/C(C#N)=C1/CCCN1)=C1\CCCN1. The Labute approximate surface area is 160 Å². The third-order valence-electron chi connectivity index (χ3n) is 4.52. The Morgan fingerprint density at radius 2 is 1.10 bits per heavy atom. The number of hydrogen-bond acceptors (Lipinski definition) is 6. The van der Waals surface area contributed by atoms with Crippen molar-refractivity contribution >= 4 is 11.6 Å². The standard InChI is InChI=1S/C17H14F6N4O2/c18-15(19,13(28)9(7-24)11-3-1-5-26-11)17(22,23)16(20,21)14(29)10(8-25)12-4-2-6-27-12/h26-27H,1-6H2/b11-9-,12-10-. The van der Waals surface area contributed by atoms with Gasteiger partial charge in [0.25, 0.3) is 11.6 Å². The molecule has 0 aromatic rings. The van der Waals surface area contributed by atoms with E-state index in [0.29, 0.717) is 12.8 Å². The van der Waals surface area contributed by atoms with Crippen molar-refractivity contribution in [3.63, 3.8) is 0 Å². The van der Waals surface area contributed by atoms with E-state index >= 15 is 0 Å². The van der Waals surface area contributed by atoms with Crippen LogP contribution in [0.3, 0.4) is 0 Å². The maximum atomic E-state index is 14.2. The van der Waals surface area contributed by atoms with E-state index in [0.717, 1.165) is 12.1 Å². The molecular formula is C17H14F6N4O2. The zero-order valence-corrected chi connectivity index (χ0v) is 14.7. The lowest BCUT2D eigenvalue weighted by molar-refractivity contribution is -0.282. The molecule has 2 heterocycles. The molecule has 156 valence electrons. The number of Topliss-reactive ketones (excluding diaryl/α,β-unsaturated/α-hetero) is 2. The highest BCUT2D eigenvalue weighted by Crippen LogP contribution is 2.48. The van der Waals surface area contributed by atoms with Crippen molar-refractivity contribution in [2.24, 2.45) is 0 Å². The van der Waals surface area contributed by atoms with Crippen LogP contribution in [0.1, 0.15) is 25.7 Å². The molecule has 2 aliphatic heterocycles. The van der Waals surface area contributed by atoms with Gasteiger partial charge in [0, 0.05) is 24.5 Å². The highest BCUT2D eigenvalue weighted by atomic mass is 19.3.